The standard InChI is InChI=1S/C23H23N3O5S/c1-3-30-22(29)20-15(2)25-23(32-20)26(13-16-8-5-4-6-9-16)19(27)14-31-18-11-7-10-17(12-18)21(24)28/h4-12H,3,13-14H2,1-2H3,(H2,24,28). The predicted molar refractivity (Wildman–Crippen MR) is 121 cm³/mol. The first-order valence-electron chi connectivity index (χ1n) is 9.90. The van der Waals surface area contributed by atoms with E-state index in [-0.39, 0.29) is 31.2 Å². The zero-order valence-electron chi connectivity index (χ0n) is 17.7. The topological polar surface area (TPSA) is 112 Å². The first-order chi connectivity index (χ1) is 15.4. The monoisotopic (exact) mass is 453 g/mol. The molecule has 2 aromatic carbocycles. The number of amides is 2. The molecule has 1 aromatic heterocycles. The minimum absolute atomic E-state index is 0.246. The molecule has 0 bridgehead atoms. The Morgan fingerprint density at radius 2 is 1.84 bits per heavy atom. The van der Waals surface area contributed by atoms with Gasteiger partial charge in [0.2, 0.25) is 5.91 Å². The van der Waals surface area contributed by atoms with E-state index in [2.05, 4.69) is 4.98 Å². The van der Waals surface area contributed by atoms with Crippen LogP contribution in [0.2, 0.25) is 0 Å². The van der Waals surface area contributed by atoms with Crippen LogP contribution in [0.5, 0.6) is 5.75 Å². The molecule has 0 saturated heterocycles. The van der Waals surface area contributed by atoms with Crippen molar-refractivity contribution < 1.29 is 23.9 Å². The fraction of sp³-hybridized carbons (Fsp3) is 0.217. The number of hydrogen-bond donors (Lipinski definition) is 1. The summed E-state index contributed by atoms with van der Waals surface area (Å²) in [5.74, 6) is -1.07. The summed E-state index contributed by atoms with van der Waals surface area (Å²) in [6, 6.07) is 15.7. The highest BCUT2D eigenvalue weighted by Crippen LogP contribution is 2.28. The van der Waals surface area contributed by atoms with Gasteiger partial charge in [-0.05, 0) is 37.6 Å². The van der Waals surface area contributed by atoms with Gasteiger partial charge in [-0.2, -0.15) is 0 Å². The van der Waals surface area contributed by atoms with Crippen LogP contribution in [0.4, 0.5) is 5.13 Å². The number of primary amides is 1. The molecule has 166 valence electrons. The van der Waals surface area contributed by atoms with E-state index in [9.17, 15) is 14.4 Å². The molecule has 3 aromatic rings. The van der Waals surface area contributed by atoms with Crippen molar-refractivity contribution in [3.8, 4) is 5.75 Å². The number of anilines is 1. The summed E-state index contributed by atoms with van der Waals surface area (Å²) >= 11 is 1.09. The third-order valence-electron chi connectivity index (χ3n) is 4.44. The summed E-state index contributed by atoms with van der Waals surface area (Å²) in [6.45, 7) is 3.63. The van der Waals surface area contributed by atoms with Crippen molar-refractivity contribution in [2.45, 2.75) is 20.4 Å². The SMILES string of the molecule is CCOC(=O)c1sc(N(Cc2ccccc2)C(=O)COc2cccc(C(N)=O)c2)nc1C. The number of nitrogens with zero attached hydrogens (tertiary/aromatic N) is 2. The number of benzene rings is 2. The largest absolute Gasteiger partial charge is 0.484 e. The summed E-state index contributed by atoms with van der Waals surface area (Å²) < 4.78 is 10.7. The number of aryl methyl sites for hydroxylation is 1. The van der Waals surface area contributed by atoms with Crippen molar-refractivity contribution in [2.75, 3.05) is 18.1 Å². The number of rotatable bonds is 9. The van der Waals surface area contributed by atoms with E-state index in [4.69, 9.17) is 15.2 Å². The Morgan fingerprint density at radius 1 is 1.09 bits per heavy atom. The van der Waals surface area contributed by atoms with Crippen LogP contribution < -0.4 is 15.4 Å². The molecular formula is C23H23N3O5S. The predicted octanol–water partition coefficient (Wildman–Crippen LogP) is 3.34. The van der Waals surface area contributed by atoms with Crippen molar-refractivity contribution in [3.05, 3.63) is 76.3 Å². The van der Waals surface area contributed by atoms with Gasteiger partial charge in [0.15, 0.2) is 11.7 Å². The van der Waals surface area contributed by atoms with Crippen LogP contribution in [-0.2, 0) is 16.1 Å². The van der Waals surface area contributed by atoms with E-state index in [1.807, 2.05) is 30.3 Å². The maximum absolute atomic E-state index is 13.1. The average Bonchev–Trinajstić information content (AvgIpc) is 3.18. The van der Waals surface area contributed by atoms with Gasteiger partial charge in [0.25, 0.3) is 5.91 Å². The molecule has 9 heteroatoms. The van der Waals surface area contributed by atoms with Gasteiger partial charge in [-0.3, -0.25) is 14.5 Å². The maximum Gasteiger partial charge on any atom is 0.350 e. The van der Waals surface area contributed by atoms with Crippen LogP contribution in [0.3, 0.4) is 0 Å². The molecule has 0 unspecified atom stereocenters. The first kappa shape index (κ1) is 23.0. The molecule has 0 aliphatic carbocycles. The van der Waals surface area contributed by atoms with Crippen LogP contribution in [0.15, 0.2) is 54.6 Å². The molecule has 32 heavy (non-hydrogen) atoms. The lowest BCUT2D eigenvalue weighted by molar-refractivity contribution is -0.120. The smallest absolute Gasteiger partial charge is 0.350 e. The maximum atomic E-state index is 13.1. The van der Waals surface area contributed by atoms with Crippen LogP contribution in [0.1, 0.15) is 38.2 Å². The Morgan fingerprint density at radius 3 is 2.53 bits per heavy atom. The molecule has 0 aliphatic heterocycles. The fourth-order valence-electron chi connectivity index (χ4n) is 2.87. The molecule has 0 aliphatic rings. The van der Waals surface area contributed by atoms with Gasteiger partial charge in [-0.15, -0.1) is 0 Å². The van der Waals surface area contributed by atoms with E-state index in [1.165, 1.54) is 11.0 Å². The zero-order valence-corrected chi connectivity index (χ0v) is 18.6. The molecule has 0 spiro atoms. The quantitative estimate of drug-likeness (QED) is 0.498. The highest BCUT2D eigenvalue weighted by atomic mass is 32.1. The Kier molecular flexibility index (Phi) is 7.56. The van der Waals surface area contributed by atoms with Gasteiger partial charge in [0.05, 0.1) is 18.8 Å². The Hall–Kier alpha value is -3.72. The first-order valence-corrected chi connectivity index (χ1v) is 10.7. The van der Waals surface area contributed by atoms with Crippen molar-refractivity contribution >= 4 is 34.3 Å². The molecule has 0 fully saturated rings. The third kappa shape index (κ3) is 5.70. The van der Waals surface area contributed by atoms with Crippen LogP contribution in [-0.4, -0.2) is 36.0 Å². The molecule has 0 atom stereocenters. The van der Waals surface area contributed by atoms with Gasteiger partial charge in [-0.1, -0.05) is 47.7 Å². The third-order valence-corrected chi connectivity index (χ3v) is 5.60. The molecule has 0 saturated carbocycles. The van der Waals surface area contributed by atoms with E-state index in [0.717, 1.165) is 16.9 Å². The number of aromatic nitrogens is 1. The van der Waals surface area contributed by atoms with Gasteiger partial charge in [0.1, 0.15) is 10.6 Å². The van der Waals surface area contributed by atoms with Crippen LogP contribution in [0, 0.1) is 6.92 Å². The Bertz CT molecular complexity index is 1110. The van der Waals surface area contributed by atoms with E-state index in [1.54, 1.807) is 32.0 Å². The Balaban J connectivity index is 1.83. The molecule has 3 rings (SSSR count). The second-order valence-corrected chi connectivity index (χ2v) is 7.76. The second-order valence-electron chi connectivity index (χ2n) is 6.78. The number of carbonyl (C=O) groups is 3. The minimum Gasteiger partial charge on any atom is -0.484 e. The molecule has 0 radical (unpaired) electrons. The molecule has 1 heterocycles. The average molecular weight is 454 g/mol. The van der Waals surface area contributed by atoms with Gasteiger partial charge in [-0.25, -0.2) is 9.78 Å². The van der Waals surface area contributed by atoms with E-state index >= 15 is 0 Å². The van der Waals surface area contributed by atoms with Crippen LogP contribution in [0.25, 0.3) is 0 Å². The van der Waals surface area contributed by atoms with E-state index in [0.29, 0.717) is 21.5 Å². The summed E-state index contributed by atoms with van der Waals surface area (Å²) in [7, 11) is 0. The summed E-state index contributed by atoms with van der Waals surface area (Å²) in [5.41, 5.74) is 6.96. The lowest BCUT2D eigenvalue weighted by atomic mass is 10.2. The number of esters is 1. The van der Waals surface area contributed by atoms with Gasteiger partial charge >= 0.3 is 5.97 Å². The highest BCUT2D eigenvalue weighted by Gasteiger charge is 2.24. The number of thiazole rings is 1. The molecule has 2 N–H and O–H groups in total. The summed E-state index contributed by atoms with van der Waals surface area (Å²) in [4.78, 5) is 42.9. The van der Waals surface area contributed by atoms with Gasteiger partial charge in [0, 0.05) is 5.56 Å². The molecule has 2 amide bonds. The number of carbonyl (C=O) groups excluding carboxylic acids is 3. The van der Waals surface area contributed by atoms with Crippen molar-refractivity contribution in [3.63, 3.8) is 0 Å². The van der Waals surface area contributed by atoms with Crippen molar-refractivity contribution in [1.29, 1.82) is 0 Å². The molecule has 8 nitrogen and oxygen atoms in total. The van der Waals surface area contributed by atoms with Crippen molar-refractivity contribution in [2.24, 2.45) is 5.73 Å². The zero-order chi connectivity index (χ0) is 23.1. The Labute approximate surface area is 189 Å². The second kappa shape index (κ2) is 10.5. The fourth-order valence-corrected chi connectivity index (χ4v) is 3.85. The highest BCUT2D eigenvalue weighted by molar-refractivity contribution is 7.17. The number of nitrogens with two attached hydrogens (primary N) is 1. The lowest BCUT2D eigenvalue weighted by Crippen LogP contribution is -2.34. The normalized spacial score (nSPS) is 10.4. The summed E-state index contributed by atoms with van der Waals surface area (Å²) in [5, 5.41) is 0.369. The minimum atomic E-state index is -0.586. The molecular weight excluding hydrogens is 430 g/mol. The van der Waals surface area contributed by atoms with Crippen molar-refractivity contribution in [1.82, 2.24) is 4.98 Å². The van der Waals surface area contributed by atoms with Gasteiger partial charge < -0.3 is 15.2 Å². The number of hydrogen-bond acceptors (Lipinski definition) is 7. The lowest BCUT2D eigenvalue weighted by Gasteiger charge is -2.20. The number of ether oxygens (including phenoxy) is 2. The van der Waals surface area contributed by atoms with E-state index < -0.39 is 11.9 Å². The summed E-state index contributed by atoms with van der Waals surface area (Å²) in [6.07, 6.45) is 0. The van der Waals surface area contributed by atoms with Crippen LogP contribution >= 0.6 is 11.3 Å².